The van der Waals surface area contributed by atoms with Gasteiger partial charge in [-0.2, -0.15) is 0 Å². The first-order valence-electron chi connectivity index (χ1n) is 6.87. The van der Waals surface area contributed by atoms with Crippen molar-refractivity contribution in [2.75, 3.05) is 32.5 Å². The molecule has 3 atom stereocenters. The molecule has 0 unspecified atom stereocenters. The molecule has 0 aromatic rings. The fourth-order valence-corrected chi connectivity index (χ4v) is 2.43. The number of morpholine rings is 1. The molecule has 0 saturated carbocycles. The molecule has 112 valence electrons. The van der Waals surface area contributed by atoms with Crippen molar-refractivity contribution < 1.29 is 13.7 Å². The molecule has 6 heteroatoms. The van der Waals surface area contributed by atoms with E-state index < -0.39 is 10.8 Å². The zero-order valence-corrected chi connectivity index (χ0v) is 13.2. The highest BCUT2D eigenvalue weighted by Crippen LogP contribution is 2.20. The van der Waals surface area contributed by atoms with Gasteiger partial charge in [-0.1, -0.05) is 13.8 Å². The first kappa shape index (κ1) is 16.4. The van der Waals surface area contributed by atoms with Gasteiger partial charge in [0.1, 0.15) is 0 Å². The lowest BCUT2D eigenvalue weighted by atomic mass is 10.0. The Morgan fingerprint density at radius 3 is 2.84 bits per heavy atom. The van der Waals surface area contributed by atoms with Crippen LogP contribution in [0, 0.1) is 0 Å². The predicted octanol–water partition coefficient (Wildman–Crippen LogP) is 1.35. The normalized spacial score (nSPS) is 26.8. The molecule has 1 saturated heterocycles. The summed E-state index contributed by atoms with van der Waals surface area (Å²) >= 11 is 0. The van der Waals surface area contributed by atoms with Crippen LogP contribution in [0.25, 0.3) is 0 Å². The highest BCUT2D eigenvalue weighted by Gasteiger charge is 2.32. The van der Waals surface area contributed by atoms with Crippen LogP contribution in [-0.4, -0.2) is 58.5 Å². The second kappa shape index (κ2) is 7.24. The largest absolute Gasteiger partial charge is 0.372 e. The maximum absolute atomic E-state index is 12.0. The number of carbonyl (C=O) groups excluding carboxylic acids is 1. The summed E-state index contributed by atoms with van der Waals surface area (Å²) < 4.78 is 16.9. The average Bonchev–Trinajstić information content (AvgIpc) is 2.38. The number of hydrogen-bond acceptors (Lipinski definition) is 3. The van der Waals surface area contributed by atoms with Crippen LogP contribution in [-0.2, 0) is 15.5 Å². The van der Waals surface area contributed by atoms with Crippen molar-refractivity contribution >= 4 is 16.8 Å². The van der Waals surface area contributed by atoms with E-state index in [2.05, 4.69) is 12.2 Å². The van der Waals surface area contributed by atoms with Gasteiger partial charge in [-0.05, 0) is 19.8 Å². The highest BCUT2D eigenvalue weighted by atomic mass is 32.2. The predicted molar refractivity (Wildman–Crippen MR) is 77.8 cm³/mol. The van der Waals surface area contributed by atoms with Gasteiger partial charge in [-0.3, -0.25) is 4.21 Å². The lowest BCUT2D eigenvalue weighted by Gasteiger charge is -2.39. The van der Waals surface area contributed by atoms with E-state index >= 15 is 0 Å². The summed E-state index contributed by atoms with van der Waals surface area (Å²) in [6.07, 6.45) is 3.33. The number of ether oxygens (including phenoxy) is 1. The number of amides is 2. The van der Waals surface area contributed by atoms with Crippen molar-refractivity contribution in [1.82, 2.24) is 10.2 Å². The average molecular weight is 290 g/mol. The van der Waals surface area contributed by atoms with Crippen LogP contribution >= 0.6 is 0 Å². The minimum Gasteiger partial charge on any atom is -0.372 e. The van der Waals surface area contributed by atoms with Crippen LogP contribution in [0.1, 0.15) is 33.6 Å². The van der Waals surface area contributed by atoms with Crippen molar-refractivity contribution in [1.29, 1.82) is 0 Å². The third kappa shape index (κ3) is 5.10. The SMILES string of the molecule is CC[C@]1(C)CN(C(=O)NCC[C@@H](C)[S@](C)=O)CCO1. The number of nitrogens with zero attached hydrogens (tertiary/aromatic N) is 1. The molecule has 1 N–H and O–H groups in total. The fraction of sp³-hybridized carbons (Fsp3) is 0.923. The molecule has 0 spiro atoms. The van der Waals surface area contributed by atoms with Crippen LogP contribution in [0.4, 0.5) is 4.79 Å². The summed E-state index contributed by atoms with van der Waals surface area (Å²) in [5.74, 6) is 0. The summed E-state index contributed by atoms with van der Waals surface area (Å²) in [5, 5.41) is 3.01. The van der Waals surface area contributed by atoms with Gasteiger partial charge < -0.3 is 15.0 Å². The third-order valence-corrected chi connectivity index (χ3v) is 5.13. The Bertz CT molecular complexity index is 338. The lowest BCUT2D eigenvalue weighted by Crippen LogP contribution is -2.54. The second-order valence-corrected chi connectivity index (χ2v) is 7.21. The second-order valence-electron chi connectivity index (χ2n) is 5.40. The number of hydrogen-bond donors (Lipinski definition) is 1. The number of carbonyl (C=O) groups is 1. The van der Waals surface area contributed by atoms with E-state index in [1.54, 1.807) is 11.2 Å². The minimum absolute atomic E-state index is 0.0444. The molecular formula is C13H26N2O3S. The Balaban J connectivity index is 2.35. The smallest absolute Gasteiger partial charge is 0.317 e. The summed E-state index contributed by atoms with van der Waals surface area (Å²) in [5.41, 5.74) is -0.228. The molecule has 1 heterocycles. The molecule has 0 aromatic heterocycles. The Kier molecular flexibility index (Phi) is 6.26. The lowest BCUT2D eigenvalue weighted by molar-refractivity contribution is -0.0872. The van der Waals surface area contributed by atoms with Crippen LogP contribution in [0.5, 0.6) is 0 Å². The maximum Gasteiger partial charge on any atom is 0.317 e. The van der Waals surface area contributed by atoms with Gasteiger partial charge in [0.05, 0.1) is 18.8 Å². The number of nitrogens with one attached hydrogen (secondary N) is 1. The first-order chi connectivity index (χ1) is 8.88. The molecule has 0 bridgehead atoms. The van der Waals surface area contributed by atoms with E-state index in [0.717, 1.165) is 12.8 Å². The minimum atomic E-state index is -0.829. The summed E-state index contributed by atoms with van der Waals surface area (Å²) in [4.78, 5) is 13.8. The zero-order chi connectivity index (χ0) is 14.5. The van der Waals surface area contributed by atoms with E-state index in [1.165, 1.54) is 0 Å². The topological polar surface area (TPSA) is 58.6 Å². The number of urea groups is 1. The van der Waals surface area contributed by atoms with Crippen LogP contribution < -0.4 is 5.32 Å². The summed E-state index contributed by atoms with van der Waals surface area (Å²) in [6.45, 7) is 8.47. The zero-order valence-electron chi connectivity index (χ0n) is 12.4. The quantitative estimate of drug-likeness (QED) is 0.831. The van der Waals surface area contributed by atoms with E-state index in [9.17, 15) is 9.00 Å². The van der Waals surface area contributed by atoms with Crippen molar-refractivity contribution in [2.24, 2.45) is 0 Å². The Labute approximate surface area is 118 Å². The molecule has 1 aliphatic rings. The van der Waals surface area contributed by atoms with E-state index in [4.69, 9.17) is 4.74 Å². The molecule has 5 nitrogen and oxygen atoms in total. The van der Waals surface area contributed by atoms with Gasteiger partial charge in [0.15, 0.2) is 0 Å². The molecule has 2 amide bonds. The van der Waals surface area contributed by atoms with E-state index in [1.807, 2.05) is 13.8 Å². The van der Waals surface area contributed by atoms with Gasteiger partial charge in [0.2, 0.25) is 0 Å². The van der Waals surface area contributed by atoms with Crippen molar-refractivity contribution in [2.45, 2.75) is 44.5 Å². The third-order valence-electron chi connectivity index (χ3n) is 3.77. The standard InChI is InChI=1S/C13H26N2O3S/c1-5-13(3)10-15(8-9-18-13)12(16)14-7-6-11(2)19(4)17/h11H,5-10H2,1-4H3,(H,14,16)/t11-,13-,19+/m1/s1. The highest BCUT2D eigenvalue weighted by molar-refractivity contribution is 7.84. The van der Waals surface area contributed by atoms with Gasteiger partial charge in [0.25, 0.3) is 0 Å². The van der Waals surface area contributed by atoms with Crippen molar-refractivity contribution in [3.63, 3.8) is 0 Å². The monoisotopic (exact) mass is 290 g/mol. The fourth-order valence-electron chi connectivity index (χ4n) is 1.98. The molecular weight excluding hydrogens is 264 g/mol. The molecule has 1 rings (SSSR count). The Morgan fingerprint density at radius 1 is 1.58 bits per heavy atom. The van der Waals surface area contributed by atoms with Crippen LogP contribution in [0.15, 0.2) is 0 Å². The van der Waals surface area contributed by atoms with E-state index in [0.29, 0.717) is 26.2 Å². The van der Waals surface area contributed by atoms with Gasteiger partial charge in [-0.25, -0.2) is 4.79 Å². The molecule has 0 radical (unpaired) electrons. The van der Waals surface area contributed by atoms with Gasteiger partial charge in [0, 0.05) is 35.4 Å². The maximum atomic E-state index is 12.0. The van der Waals surface area contributed by atoms with E-state index in [-0.39, 0.29) is 16.9 Å². The van der Waals surface area contributed by atoms with Crippen molar-refractivity contribution in [3.8, 4) is 0 Å². The van der Waals surface area contributed by atoms with Crippen LogP contribution in [0.3, 0.4) is 0 Å². The molecule has 19 heavy (non-hydrogen) atoms. The van der Waals surface area contributed by atoms with Gasteiger partial charge >= 0.3 is 6.03 Å². The first-order valence-corrected chi connectivity index (χ1v) is 8.49. The summed E-state index contributed by atoms with van der Waals surface area (Å²) in [6, 6.07) is -0.0444. The summed E-state index contributed by atoms with van der Waals surface area (Å²) in [7, 11) is -0.829. The van der Waals surface area contributed by atoms with Crippen molar-refractivity contribution in [3.05, 3.63) is 0 Å². The van der Waals surface area contributed by atoms with Crippen LogP contribution in [0.2, 0.25) is 0 Å². The molecule has 1 aliphatic heterocycles. The molecule has 0 aromatic carbocycles. The molecule has 0 aliphatic carbocycles. The molecule has 1 fully saturated rings. The Hall–Kier alpha value is -0.620. The Morgan fingerprint density at radius 2 is 2.26 bits per heavy atom. The van der Waals surface area contributed by atoms with Gasteiger partial charge in [-0.15, -0.1) is 0 Å². The number of rotatable bonds is 5.